The Morgan fingerprint density at radius 1 is 1.14 bits per heavy atom. The van der Waals surface area contributed by atoms with Crippen molar-refractivity contribution in [3.05, 3.63) is 35.9 Å². The number of benzene rings is 1. The summed E-state index contributed by atoms with van der Waals surface area (Å²) in [7, 11) is 0. The van der Waals surface area contributed by atoms with Crippen LogP contribution in [-0.2, 0) is 14.4 Å². The number of hydrogen-bond acceptors (Lipinski definition) is 4. The molecule has 3 amide bonds. The van der Waals surface area contributed by atoms with Gasteiger partial charge < -0.3 is 20.9 Å². The molecule has 0 radical (unpaired) electrons. The van der Waals surface area contributed by atoms with E-state index in [1.807, 2.05) is 30.3 Å². The SMILES string of the molecule is NC(=O)C1CCCN(CCCNC(=O)C(c2ccccc2)N2CCCCC2=O)C1. The topological polar surface area (TPSA) is 95.7 Å². The summed E-state index contributed by atoms with van der Waals surface area (Å²) in [6.07, 6.45) is 4.97. The zero-order valence-corrected chi connectivity index (χ0v) is 17.0. The summed E-state index contributed by atoms with van der Waals surface area (Å²) in [5.41, 5.74) is 6.29. The quantitative estimate of drug-likeness (QED) is 0.646. The first-order valence-corrected chi connectivity index (χ1v) is 10.7. The summed E-state index contributed by atoms with van der Waals surface area (Å²) in [6.45, 7) is 3.66. The summed E-state index contributed by atoms with van der Waals surface area (Å²) in [4.78, 5) is 40.8. The number of rotatable bonds is 8. The van der Waals surface area contributed by atoms with Crippen LogP contribution in [0, 0.1) is 5.92 Å². The average molecular weight is 401 g/mol. The molecule has 29 heavy (non-hydrogen) atoms. The maximum Gasteiger partial charge on any atom is 0.247 e. The fraction of sp³-hybridized carbons (Fsp3) is 0.591. The van der Waals surface area contributed by atoms with Crippen molar-refractivity contribution in [3.63, 3.8) is 0 Å². The second-order valence-electron chi connectivity index (χ2n) is 8.04. The molecule has 1 aromatic rings. The molecule has 2 unspecified atom stereocenters. The molecular weight excluding hydrogens is 368 g/mol. The van der Waals surface area contributed by atoms with Crippen LogP contribution >= 0.6 is 0 Å². The van der Waals surface area contributed by atoms with Crippen LogP contribution in [0.2, 0.25) is 0 Å². The summed E-state index contributed by atoms with van der Waals surface area (Å²) in [5, 5.41) is 3.02. The molecule has 2 aliphatic heterocycles. The molecule has 7 nitrogen and oxygen atoms in total. The van der Waals surface area contributed by atoms with Crippen LogP contribution in [0.15, 0.2) is 30.3 Å². The minimum absolute atomic E-state index is 0.0473. The lowest BCUT2D eigenvalue weighted by Crippen LogP contribution is -2.46. The summed E-state index contributed by atoms with van der Waals surface area (Å²) in [5.74, 6) is -0.364. The monoisotopic (exact) mass is 400 g/mol. The number of carbonyl (C=O) groups excluding carboxylic acids is 3. The van der Waals surface area contributed by atoms with Crippen LogP contribution in [0.1, 0.15) is 50.1 Å². The highest BCUT2D eigenvalue weighted by molar-refractivity contribution is 5.89. The average Bonchev–Trinajstić information content (AvgIpc) is 2.74. The Balaban J connectivity index is 1.53. The zero-order valence-electron chi connectivity index (χ0n) is 17.0. The Hall–Kier alpha value is -2.41. The van der Waals surface area contributed by atoms with E-state index in [0.717, 1.165) is 50.8 Å². The summed E-state index contributed by atoms with van der Waals surface area (Å²) >= 11 is 0. The van der Waals surface area contributed by atoms with Gasteiger partial charge in [0, 0.05) is 26.1 Å². The number of hydrogen-bond donors (Lipinski definition) is 2. The van der Waals surface area contributed by atoms with Crippen molar-refractivity contribution in [1.29, 1.82) is 0 Å². The van der Waals surface area contributed by atoms with Crippen LogP contribution in [0.3, 0.4) is 0 Å². The van der Waals surface area contributed by atoms with Gasteiger partial charge in [-0.1, -0.05) is 30.3 Å². The number of primary amides is 1. The van der Waals surface area contributed by atoms with Gasteiger partial charge in [-0.25, -0.2) is 0 Å². The van der Waals surface area contributed by atoms with Crippen molar-refractivity contribution in [3.8, 4) is 0 Å². The van der Waals surface area contributed by atoms with E-state index in [1.165, 1.54) is 0 Å². The summed E-state index contributed by atoms with van der Waals surface area (Å²) in [6, 6.07) is 8.95. The molecule has 1 aromatic carbocycles. The van der Waals surface area contributed by atoms with Crippen molar-refractivity contribution in [2.75, 3.05) is 32.7 Å². The Morgan fingerprint density at radius 3 is 2.66 bits per heavy atom. The molecule has 0 aromatic heterocycles. The standard InChI is InChI=1S/C22H32N4O3/c23-21(28)18-10-6-13-25(16-18)14-7-12-24-22(29)20(17-8-2-1-3-9-17)26-15-5-4-11-19(26)27/h1-3,8-9,18,20H,4-7,10-16H2,(H2,23,28)(H,24,29). The first-order chi connectivity index (χ1) is 14.1. The van der Waals surface area contributed by atoms with Gasteiger partial charge >= 0.3 is 0 Å². The molecule has 0 aliphatic carbocycles. The number of amides is 3. The molecular formula is C22H32N4O3. The van der Waals surface area contributed by atoms with E-state index in [4.69, 9.17) is 5.73 Å². The normalized spacial score (nSPS) is 21.6. The van der Waals surface area contributed by atoms with Crippen molar-refractivity contribution < 1.29 is 14.4 Å². The molecule has 2 saturated heterocycles. The van der Waals surface area contributed by atoms with E-state index in [2.05, 4.69) is 10.2 Å². The maximum absolute atomic E-state index is 13.0. The number of nitrogens with zero attached hydrogens (tertiary/aromatic N) is 2. The predicted octanol–water partition coefficient (Wildman–Crippen LogP) is 1.44. The smallest absolute Gasteiger partial charge is 0.247 e. The molecule has 7 heteroatoms. The first kappa shape index (κ1) is 21.3. The fourth-order valence-electron chi connectivity index (χ4n) is 4.31. The van der Waals surface area contributed by atoms with E-state index in [0.29, 0.717) is 26.1 Å². The molecule has 158 valence electrons. The van der Waals surface area contributed by atoms with Gasteiger partial charge in [-0.15, -0.1) is 0 Å². The third kappa shape index (κ3) is 5.79. The van der Waals surface area contributed by atoms with E-state index >= 15 is 0 Å². The van der Waals surface area contributed by atoms with Crippen molar-refractivity contribution in [2.45, 2.75) is 44.6 Å². The third-order valence-electron chi connectivity index (χ3n) is 5.89. The van der Waals surface area contributed by atoms with Gasteiger partial charge in [0.2, 0.25) is 17.7 Å². The minimum atomic E-state index is -0.571. The van der Waals surface area contributed by atoms with Crippen LogP contribution in [-0.4, -0.2) is 60.2 Å². The lowest BCUT2D eigenvalue weighted by Gasteiger charge is -2.34. The number of piperidine rings is 2. The second kappa shape index (κ2) is 10.4. The number of nitrogens with one attached hydrogen (secondary N) is 1. The lowest BCUT2D eigenvalue weighted by atomic mass is 9.97. The molecule has 2 aliphatic rings. The number of carbonyl (C=O) groups is 3. The van der Waals surface area contributed by atoms with Crippen molar-refractivity contribution >= 4 is 17.7 Å². The molecule has 2 fully saturated rings. The van der Waals surface area contributed by atoms with Gasteiger partial charge in [-0.05, 0) is 50.8 Å². The van der Waals surface area contributed by atoms with Gasteiger partial charge in [0.15, 0.2) is 0 Å². The summed E-state index contributed by atoms with van der Waals surface area (Å²) < 4.78 is 0. The number of likely N-dealkylation sites (tertiary alicyclic amines) is 2. The fourth-order valence-corrected chi connectivity index (χ4v) is 4.31. The van der Waals surface area contributed by atoms with Crippen LogP contribution in [0.4, 0.5) is 0 Å². The van der Waals surface area contributed by atoms with E-state index in [9.17, 15) is 14.4 Å². The van der Waals surface area contributed by atoms with Crippen molar-refractivity contribution in [1.82, 2.24) is 15.1 Å². The highest BCUT2D eigenvalue weighted by Crippen LogP contribution is 2.25. The lowest BCUT2D eigenvalue weighted by molar-refractivity contribution is -0.142. The van der Waals surface area contributed by atoms with E-state index < -0.39 is 6.04 Å². The maximum atomic E-state index is 13.0. The molecule has 3 N–H and O–H groups in total. The Bertz CT molecular complexity index is 709. The van der Waals surface area contributed by atoms with Crippen LogP contribution in [0.25, 0.3) is 0 Å². The predicted molar refractivity (Wildman–Crippen MR) is 111 cm³/mol. The first-order valence-electron chi connectivity index (χ1n) is 10.7. The highest BCUT2D eigenvalue weighted by Gasteiger charge is 2.32. The van der Waals surface area contributed by atoms with Gasteiger partial charge in [0.05, 0.1) is 5.92 Å². The molecule has 2 heterocycles. The third-order valence-corrected chi connectivity index (χ3v) is 5.89. The van der Waals surface area contributed by atoms with Gasteiger partial charge in [-0.2, -0.15) is 0 Å². The highest BCUT2D eigenvalue weighted by atomic mass is 16.2. The molecule has 0 saturated carbocycles. The Morgan fingerprint density at radius 2 is 1.93 bits per heavy atom. The molecule has 2 atom stereocenters. The van der Waals surface area contributed by atoms with Crippen LogP contribution < -0.4 is 11.1 Å². The Labute approximate surface area is 172 Å². The van der Waals surface area contributed by atoms with Crippen LogP contribution in [0.5, 0.6) is 0 Å². The van der Waals surface area contributed by atoms with Gasteiger partial charge in [0.1, 0.15) is 6.04 Å². The Kier molecular flexibility index (Phi) is 7.63. The molecule has 3 rings (SSSR count). The minimum Gasteiger partial charge on any atom is -0.369 e. The largest absolute Gasteiger partial charge is 0.369 e. The van der Waals surface area contributed by atoms with Gasteiger partial charge in [-0.3, -0.25) is 14.4 Å². The van der Waals surface area contributed by atoms with E-state index in [1.54, 1.807) is 4.90 Å². The van der Waals surface area contributed by atoms with E-state index in [-0.39, 0.29) is 23.6 Å². The number of nitrogens with two attached hydrogens (primary N) is 1. The van der Waals surface area contributed by atoms with Gasteiger partial charge in [0.25, 0.3) is 0 Å². The second-order valence-corrected chi connectivity index (χ2v) is 8.04. The zero-order chi connectivity index (χ0) is 20.6. The molecule has 0 spiro atoms. The van der Waals surface area contributed by atoms with Crippen molar-refractivity contribution in [2.24, 2.45) is 11.7 Å². The molecule has 0 bridgehead atoms.